The molecule has 0 saturated carbocycles. The fourth-order valence-electron chi connectivity index (χ4n) is 4.36. The third-order valence-electron chi connectivity index (χ3n) is 6.27. The molecule has 0 unspecified atom stereocenters. The summed E-state index contributed by atoms with van der Waals surface area (Å²) in [6.07, 6.45) is -21.7. The number of rotatable bonds is 6. The lowest BCUT2D eigenvalue weighted by molar-refractivity contribution is -0.288. The zero-order chi connectivity index (χ0) is 31.8. The Morgan fingerprint density at radius 1 is 0.372 bits per heavy atom. The maximum absolute atomic E-state index is 14.5. The number of hydrogen-bond acceptors (Lipinski definition) is 2. The van der Waals surface area contributed by atoms with E-state index < -0.39 is 75.4 Å². The predicted molar refractivity (Wildman–Crippen MR) is 129 cm³/mol. The van der Waals surface area contributed by atoms with Gasteiger partial charge in [-0.25, -0.2) is 0 Å². The lowest BCUT2D eigenvalue weighted by atomic mass is 9.73. The van der Waals surface area contributed by atoms with E-state index in [9.17, 15) is 52.7 Å². The molecule has 4 aromatic carbocycles. The van der Waals surface area contributed by atoms with Gasteiger partial charge in [0, 0.05) is 0 Å². The lowest BCUT2D eigenvalue weighted by Crippen LogP contribution is -2.54. The highest BCUT2D eigenvalue weighted by Crippen LogP contribution is 2.56. The highest BCUT2D eigenvalue weighted by Gasteiger charge is 2.72. The second-order valence-corrected chi connectivity index (χ2v) is 8.99. The summed E-state index contributed by atoms with van der Waals surface area (Å²) in [6, 6.07) is 12.0. The van der Waals surface area contributed by atoms with E-state index in [4.69, 9.17) is 9.47 Å². The molecule has 0 amide bonds. The highest BCUT2D eigenvalue weighted by atomic mass is 19.4. The average Bonchev–Trinajstić information content (AvgIpc) is 2.89. The number of halogens is 12. The number of benzene rings is 4. The first-order valence-electron chi connectivity index (χ1n) is 11.9. The molecule has 228 valence electrons. The molecule has 0 radical (unpaired) electrons. The van der Waals surface area contributed by atoms with E-state index in [1.807, 2.05) is 0 Å². The average molecular weight is 624 g/mol. The molecule has 43 heavy (non-hydrogen) atoms. The van der Waals surface area contributed by atoms with Crippen LogP contribution in [0.4, 0.5) is 52.7 Å². The van der Waals surface area contributed by atoms with Gasteiger partial charge in [-0.2, -0.15) is 52.7 Å². The van der Waals surface area contributed by atoms with Crippen molar-refractivity contribution < 1.29 is 62.2 Å². The van der Waals surface area contributed by atoms with Gasteiger partial charge in [-0.3, -0.25) is 0 Å². The van der Waals surface area contributed by atoms with E-state index in [0.29, 0.717) is 60.7 Å². The summed E-state index contributed by atoms with van der Waals surface area (Å²) in [5.74, 6) is -2.43. The molecule has 0 aliphatic rings. The topological polar surface area (TPSA) is 18.5 Å². The summed E-state index contributed by atoms with van der Waals surface area (Å²) in [5, 5.41) is 0. The smallest absolute Gasteiger partial charge is 0.419 e. The lowest BCUT2D eigenvalue weighted by Gasteiger charge is -2.38. The van der Waals surface area contributed by atoms with Crippen molar-refractivity contribution in [1.82, 2.24) is 0 Å². The molecule has 4 aromatic rings. The largest absolute Gasteiger partial charge is 0.457 e. The van der Waals surface area contributed by atoms with Crippen LogP contribution in [0.5, 0.6) is 23.0 Å². The zero-order valence-corrected chi connectivity index (χ0v) is 21.1. The minimum Gasteiger partial charge on any atom is -0.457 e. The molecule has 0 bridgehead atoms. The molecule has 0 fully saturated rings. The SMILES string of the molecule is FC(F)(F)c1ccccc1Oc1ccc(C(c2ccc(Oc3ccccc3C(F)(F)F)cc2)(C(F)(F)F)C(F)(F)F)cc1. The number of ether oxygens (including phenoxy) is 2. The van der Waals surface area contributed by atoms with Crippen molar-refractivity contribution in [3.05, 3.63) is 119 Å². The number of hydrogen-bond donors (Lipinski definition) is 0. The molecule has 0 atom stereocenters. The molecule has 0 spiro atoms. The summed E-state index contributed by atoms with van der Waals surface area (Å²) >= 11 is 0. The Labute approximate surface area is 235 Å². The Morgan fingerprint density at radius 3 is 0.953 bits per heavy atom. The van der Waals surface area contributed by atoms with Gasteiger partial charge < -0.3 is 9.47 Å². The first kappa shape index (κ1) is 31.6. The van der Waals surface area contributed by atoms with Crippen LogP contribution in [0, 0.1) is 0 Å². The van der Waals surface area contributed by atoms with E-state index in [2.05, 4.69) is 0 Å². The van der Waals surface area contributed by atoms with Crippen LogP contribution < -0.4 is 9.47 Å². The van der Waals surface area contributed by atoms with Crippen molar-refractivity contribution in [2.24, 2.45) is 0 Å². The molecular weight excluding hydrogens is 608 g/mol. The molecule has 0 aromatic heterocycles. The third-order valence-corrected chi connectivity index (χ3v) is 6.27. The molecule has 0 heterocycles. The van der Waals surface area contributed by atoms with Gasteiger partial charge in [0.05, 0.1) is 11.1 Å². The van der Waals surface area contributed by atoms with Crippen LogP contribution in [0.3, 0.4) is 0 Å². The van der Waals surface area contributed by atoms with Gasteiger partial charge in [-0.05, 0) is 59.7 Å². The molecule has 2 nitrogen and oxygen atoms in total. The fourth-order valence-corrected chi connectivity index (χ4v) is 4.36. The van der Waals surface area contributed by atoms with Crippen molar-refractivity contribution >= 4 is 0 Å². The summed E-state index contributed by atoms with van der Waals surface area (Å²) in [4.78, 5) is 0. The van der Waals surface area contributed by atoms with Gasteiger partial charge in [0.1, 0.15) is 23.0 Å². The van der Waals surface area contributed by atoms with Crippen molar-refractivity contribution in [1.29, 1.82) is 0 Å². The van der Waals surface area contributed by atoms with E-state index in [-0.39, 0.29) is 0 Å². The van der Waals surface area contributed by atoms with Crippen LogP contribution in [0.2, 0.25) is 0 Å². The predicted octanol–water partition coefficient (Wildman–Crippen LogP) is 10.7. The molecule has 0 aliphatic heterocycles. The van der Waals surface area contributed by atoms with Gasteiger partial charge in [0.15, 0.2) is 0 Å². The Balaban J connectivity index is 1.74. The van der Waals surface area contributed by atoms with Crippen molar-refractivity contribution in [3.8, 4) is 23.0 Å². The van der Waals surface area contributed by atoms with Crippen molar-refractivity contribution in [2.75, 3.05) is 0 Å². The summed E-state index contributed by atoms with van der Waals surface area (Å²) in [5.41, 5.74) is -9.79. The maximum atomic E-state index is 14.5. The Kier molecular flexibility index (Phi) is 8.11. The standard InChI is InChI=1S/C29H16F12O2/c30-26(31,32)21-5-1-3-7-23(21)42-19-13-9-17(10-14-19)25(28(36,37)38,29(39,40)41)18-11-15-20(16-12-18)43-24-8-4-2-6-22(24)27(33,34)35/h1-16H. The second kappa shape index (κ2) is 11.0. The normalized spacial score (nSPS) is 13.1. The Morgan fingerprint density at radius 2 is 0.674 bits per heavy atom. The fraction of sp³-hybridized carbons (Fsp3) is 0.172. The minimum absolute atomic E-state index is 0.413. The monoisotopic (exact) mass is 624 g/mol. The van der Waals surface area contributed by atoms with Gasteiger partial charge in [-0.1, -0.05) is 48.5 Å². The van der Waals surface area contributed by atoms with E-state index >= 15 is 0 Å². The quantitative estimate of drug-likeness (QED) is 0.199. The molecule has 0 saturated heterocycles. The van der Waals surface area contributed by atoms with Crippen LogP contribution in [-0.2, 0) is 17.8 Å². The zero-order valence-electron chi connectivity index (χ0n) is 21.1. The first-order valence-corrected chi connectivity index (χ1v) is 11.9. The van der Waals surface area contributed by atoms with E-state index in [1.54, 1.807) is 0 Å². The van der Waals surface area contributed by atoms with Crippen LogP contribution in [-0.4, -0.2) is 12.4 Å². The number of alkyl halides is 12. The van der Waals surface area contributed by atoms with Gasteiger partial charge >= 0.3 is 24.7 Å². The third kappa shape index (κ3) is 6.22. The molecule has 4 rings (SSSR count). The van der Waals surface area contributed by atoms with Crippen LogP contribution in [0.1, 0.15) is 22.3 Å². The Hall–Kier alpha value is -4.36. The maximum Gasteiger partial charge on any atom is 0.419 e. The minimum atomic E-state index is -6.01. The molecule has 0 N–H and O–H groups in total. The van der Waals surface area contributed by atoms with Gasteiger partial charge in [0.25, 0.3) is 0 Å². The molecular formula is C29H16F12O2. The van der Waals surface area contributed by atoms with Crippen LogP contribution in [0.15, 0.2) is 97.1 Å². The van der Waals surface area contributed by atoms with Crippen LogP contribution >= 0.6 is 0 Å². The van der Waals surface area contributed by atoms with Crippen molar-refractivity contribution in [3.63, 3.8) is 0 Å². The van der Waals surface area contributed by atoms with Crippen LogP contribution in [0.25, 0.3) is 0 Å². The molecule has 14 heteroatoms. The summed E-state index contributed by atoms with van der Waals surface area (Å²) in [7, 11) is 0. The first-order chi connectivity index (χ1) is 19.9. The highest BCUT2D eigenvalue weighted by molar-refractivity contribution is 5.49. The van der Waals surface area contributed by atoms with E-state index in [0.717, 1.165) is 24.3 Å². The van der Waals surface area contributed by atoms with Crippen molar-refractivity contribution in [2.45, 2.75) is 30.1 Å². The summed E-state index contributed by atoms with van der Waals surface area (Å²) < 4.78 is 177. The van der Waals surface area contributed by atoms with Gasteiger partial charge in [-0.15, -0.1) is 0 Å². The van der Waals surface area contributed by atoms with E-state index in [1.165, 1.54) is 12.1 Å². The summed E-state index contributed by atoms with van der Waals surface area (Å²) in [6.45, 7) is 0. The van der Waals surface area contributed by atoms with Gasteiger partial charge in [0.2, 0.25) is 5.41 Å². The number of para-hydroxylation sites is 2. The Bertz CT molecular complexity index is 1430. The second-order valence-electron chi connectivity index (χ2n) is 8.99. The molecule has 0 aliphatic carbocycles.